The molecule has 0 spiro atoms. The molecule has 0 aromatic carbocycles. The molecule has 0 aliphatic heterocycles. The van der Waals surface area contributed by atoms with E-state index in [0.717, 1.165) is 0 Å². The van der Waals surface area contributed by atoms with Crippen molar-refractivity contribution in [1.82, 2.24) is 16.0 Å². The highest BCUT2D eigenvalue weighted by Crippen LogP contribution is 2.10. The molecule has 15 heteroatoms. The Balaban J connectivity index is 5.56. The second kappa shape index (κ2) is 15.2. The third-order valence-electron chi connectivity index (χ3n) is 5.13. The predicted molar refractivity (Wildman–Crippen MR) is 120 cm³/mol. The zero-order chi connectivity index (χ0) is 27.3. The van der Waals surface area contributed by atoms with E-state index in [4.69, 9.17) is 22.3 Å². The van der Waals surface area contributed by atoms with Crippen LogP contribution < -0.4 is 33.2 Å². The first-order valence-corrected chi connectivity index (χ1v) is 10.9. The zero-order valence-corrected chi connectivity index (χ0v) is 19.6. The largest absolute Gasteiger partial charge is 0.481 e. The summed E-state index contributed by atoms with van der Waals surface area (Å²) in [6, 6.07) is -5.53. The summed E-state index contributed by atoms with van der Waals surface area (Å²) in [6.07, 6.45) is -1.48. The summed E-state index contributed by atoms with van der Waals surface area (Å²) in [5, 5.41) is 24.8. The van der Waals surface area contributed by atoms with Gasteiger partial charge < -0.3 is 43.4 Å². The van der Waals surface area contributed by atoms with Crippen LogP contribution in [0.1, 0.15) is 52.4 Å². The third-order valence-corrected chi connectivity index (χ3v) is 5.13. The number of carboxylic acids is 2. The number of carboxylic acid groups (broad SMARTS) is 2. The highest BCUT2D eigenvalue weighted by Gasteiger charge is 2.33. The number of nitrogens with two attached hydrogens (primary N) is 3. The van der Waals surface area contributed by atoms with Gasteiger partial charge in [-0.15, -0.1) is 0 Å². The second-order valence-corrected chi connectivity index (χ2v) is 8.05. The molecule has 5 atom stereocenters. The van der Waals surface area contributed by atoms with Crippen LogP contribution in [0, 0.1) is 5.92 Å². The molecule has 0 saturated carbocycles. The first-order valence-electron chi connectivity index (χ1n) is 10.9. The topological polar surface area (TPSA) is 274 Å². The minimum Gasteiger partial charge on any atom is -0.481 e. The van der Waals surface area contributed by atoms with Crippen LogP contribution in [0.4, 0.5) is 0 Å². The molecule has 0 radical (unpaired) electrons. The van der Waals surface area contributed by atoms with E-state index in [1.54, 1.807) is 13.8 Å². The first-order chi connectivity index (χ1) is 16.2. The third kappa shape index (κ3) is 12.3. The molecule has 0 bridgehead atoms. The summed E-state index contributed by atoms with van der Waals surface area (Å²) >= 11 is 0. The highest BCUT2D eigenvalue weighted by molar-refractivity contribution is 5.96. The Hall–Kier alpha value is -3.75. The molecule has 5 amide bonds. The minimum absolute atomic E-state index is 0.176. The Labute approximate surface area is 201 Å². The van der Waals surface area contributed by atoms with E-state index in [-0.39, 0.29) is 25.7 Å². The maximum atomic E-state index is 12.9. The number of carbonyl (C=O) groups is 7. The lowest BCUT2D eigenvalue weighted by Gasteiger charge is -2.27. The molecule has 5 unspecified atom stereocenters. The molecular formula is C20H34N6O9. The van der Waals surface area contributed by atoms with Gasteiger partial charge in [0.1, 0.15) is 18.1 Å². The maximum absolute atomic E-state index is 12.9. The van der Waals surface area contributed by atoms with Gasteiger partial charge in [-0.1, -0.05) is 20.3 Å². The van der Waals surface area contributed by atoms with E-state index < -0.39 is 78.0 Å². The van der Waals surface area contributed by atoms with E-state index in [1.807, 2.05) is 0 Å². The van der Waals surface area contributed by atoms with Crippen LogP contribution in [0.15, 0.2) is 0 Å². The lowest BCUT2D eigenvalue weighted by Crippen LogP contribution is -2.59. The normalized spacial score (nSPS) is 14.9. The van der Waals surface area contributed by atoms with Gasteiger partial charge in [-0.3, -0.25) is 28.8 Å². The van der Waals surface area contributed by atoms with Crippen LogP contribution >= 0.6 is 0 Å². The van der Waals surface area contributed by atoms with Gasteiger partial charge in [0.2, 0.25) is 29.5 Å². The van der Waals surface area contributed by atoms with Gasteiger partial charge in [0.15, 0.2) is 0 Å². The van der Waals surface area contributed by atoms with Crippen LogP contribution in [0.2, 0.25) is 0 Å². The Morgan fingerprint density at radius 1 is 0.771 bits per heavy atom. The molecule has 0 saturated heterocycles. The van der Waals surface area contributed by atoms with Crippen LogP contribution in [0.5, 0.6) is 0 Å². The van der Waals surface area contributed by atoms with Crippen molar-refractivity contribution >= 4 is 41.5 Å². The summed E-state index contributed by atoms with van der Waals surface area (Å²) in [5.74, 6) is -7.57. The number of nitrogens with one attached hydrogen (secondary N) is 3. The fraction of sp³-hybridized carbons (Fsp3) is 0.650. The summed E-state index contributed by atoms with van der Waals surface area (Å²) < 4.78 is 0. The monoisotopic (exact) mass is 502 g/mol. The molecule has 0 fully saturated rings. The van der Waals surface area contributed by atoms with Gasteiger partial charge >= 0.3 is 11.9 Å². The van der Waals surface area contributed by atoms with Gasteiger partial charge in [0.05, 0.1) is 12.5 Å². The van der Waals surface area contributed by atoms with Crippen molar-refractivity contribution < 1.29 is 43.8 Å². The molecule has 0 aliphatic rings. The number of primary amides is 2. The van der Waals surface area contributed by atoms with Gasteiger partial charge in [-0.05, 0) is 18.8 Å². The van der Waals surface area contributed by atoms with Gasteiger partial charge in [-0.2, -0.15) is 0 Å². The quantitative estimate of drug-likeness (QED) is 0.0991. The lowest BCUT2D eigenvalue weighted by atomic mass is 9.97. The molecule has 11 N–H and O–H groups in total. The number of carbonyl (C=O) groups excluding carboxylic acids is 5. The summed E-state index contributed by atoms with van der Waals surface area (Å²) in [6.45, 7) is 3.35. The van der Waals surface area contributed by atoms with E-state index in [9.17, 15) is 38.7 Å². The van der Waals surface area contributed by atoms with Crippen LogP contribution in [0.3, 0.4) is 0 Å². The zero-order valence-electron chi connectivity index (χ0n) is 19.6. The van der Waals surface area contributed by atoms with E-state index in [2.05, 4.69) is 16.0 Å². The summed E-state index contributed by atoms with van der Waals surface area (Å²) in [7, 11) is 0. The Bertz CT molecular complexity index is 819. The predicted octanol–water partition coefficient (Wildman–Crippen LogP) is -3.10. The van der Waals surface area contributed by atoms with Gasteiger partial charge in [-0.25, -0.2) is 4.79 Å². The Morgan fingerprint density at radius 3 is 1.80 bits per heavy atom. The van der Waals surface area contributed by atoms with E-state index >= 15 is 0 Å². The maximum Gasteiger partial charge on any atom is 0.326 e. The average molecular weight is 503 g/mol. The fourth-order valence-electron chi connectivity index (χ4n) is 2.86. The fourth-order valence-corrected chi connectivity index (χ4v) is 2.86. The molecule has 0 aromatic rings. The van der Waals surface area contributed by atoms with Crippen molar-refractivity contribution in [2.75, 3.05) is 0 Å². The van der Waals surface area contributed by atoms with Crippen LogP contribution in [-0.4, -0.2) is 75.9 Å². The van der Waals surface area contributed by atoms with Crippen LogP contribution in [-0.2, 0) is 33.6 Å². The molecule has 0 rings (SSSR count). The molecule has 0 aromatic heterocycles. The van der Waals surface area contributed by atoms with Gasteiger partial charge in [0, 0.05) is 12.8 Å². The van der Waals surface area contributed by atoms with Crippen molar-refractivity contribution in [3.63, 3.8) is 0 Å². The number of amides is 5. The smallest absolute Gasteiger partial charge is 0.326 e. The van der Waals surface area contributed by atoms with Crippen molar-refractivity contribution in [3.8, 4) is 0 Å². The average Bonchev–Trinajstić information content (AvgIpc) is 2.76. The molecule has 35 heavy (non-hydrogen) atoms. The standard InChI is InChI=1S/C20H34N6O9/c1-3-9(2)16(26-17(31)10(21)4-7-15(29)30)19(33)25-12(8-14(23)28)18(32)24-11(20(34)35)5-6-13(22)27/h9-12,16H,3-8,21H2,1-2H3,(H2,22,27)(H2,23,28)(H,24,32)(H,25,33)(H,26,31)(H,29,30)(H,34,35). The van der Waals surface area contributed by atoms with E-state index in [1.165, 1.54) is 0 Å². The highest BCUT2D eigenvalue weighted by atomic mass is 16.4. The van der Waals surface area contributed by atoms with Crippen molar-refractivity contribution in [3.05, 3.63) is 0 Å². The molecule has 198 valence electrons. The minimum atomic E-state index is -1.58. The second-order valence-electron chi connectivity index (χ2n) is 8.05. The van der Waals surface area contributed by atoms with Crippen molar-refractivity contribution in [2.24, 2.45) is 23.1 Å². The van der Waals surface area contributed by atoms with Crippen molar-refractivity contribution in [1.29, 1.82) is 0 Å². The molecular weight excluding hydrogens is 468 g/mol. The van der Waals surface area contributed by atoms with Crippen LogP contribution in [0.25, 0.3) is 0 Å². The van der Waals surface area contributed by atoms with Gasteiger partial charge in [0.25, 0.3) is 0 Å². The lowest BCUT2D eigenvalue weighted by molar-refractivity contribution is -0.143. The van der Waals surface area contributed by atoms with Crippen molar-refractivity contribution in [2.45, 2.75) is 76.5 Å². The summed E-state index contributed by atoms with van der Waals surface area (Å²) in [4.78, 5) is 82.4. The number of hydrogen-bond donors (Lipinski definition) is 8. The Morgan fingerprint density at radius 2 is 1.34 bits per heavy atom. The molecule has 0 heterocycles. The molecule has 15 nitrogen and oxygen atoms in total. The number of hydrogen-bond acceptors (Lipinski definition) is 8. The Kier molecular flexibility index (Phi) is 13.6. The molecule has 0 aliphatic carbocycles. The number of rotatable bonds is 17. The SMILES string of the molecule is CCC(C)C(NC(=O)C(N)CCC(=O)O)C(=O)NC(CC(N)=O)C(=O)NC(CCC(N)=O)C(=O)O. The van der Waals surface area contributed by atoms with E-state index in [0.29, 0.717) is 6.42 Å². The number of aliphatic carboxylic acids is 2. The first kappa shape index (κ1) is 31.2. The summed E-state index contributed by atoms with van der Waals surface area (Å²) in [5.41, 5.74) is 15.8.